The van der Waals surface area contributed by atoms with E-state index in [-0.39, 0.29) is 17.1 Å². The Labute approximate surface area is 363 Å². The number of nitro benzene ring substituents is 6. The van der Waals surface area contributed by atoms with Crippen molar-refractivity contribution in [1.82, 2.24) is 0 Å². The summed E-state index contributed by atoms with van der Waals surface area (Å²) in [6.45, 7) is 4.77. The molecule has 348 valence electrons. The molecular formula is C36H39N9O20. The van der Waals surface area contributed by atoms with E-state index in [1.165, 1.54) is 0 Å². The smallest absolute Gasteiger partial charge is 0.299 e. The number of fused-ring (bicyclic) bond motifs is 2. The molecule has 0 saturated carbocycles. The van der Waals surface area contributed by atoms with Gasteiger partial charge in [-0.15, -0.1) is 0 Å². The zero-order chi connectivity index (χ0) is 47.4. The summed E-state index contributed by atoms with van der Waals surface area (Å²) in [5.41, 5.74) is -5.04. The number of nitrogens with one attached hydrogen (secondary N) is 2. The molecule has 4 saturated heterocycles. The van der Waals surface area contributed by atoms with Crippen molar-refractivity contribution in [1.29, 1.82) is 0 Å². The molecule has 3 aromatic rings. The van der Waals surface area contributed by atoms with Gasteiger partial charge in [0.2, 0.25) is 0 Å². The third kappa shape index (κ3) is 9.37. The van der Waals surface area contributed by atoms with Crippen LogP contribution in [-0.4, -0.2) is 126 Å². The molecule has 29 heteroatoms. The Morgan fingerprint density at radius 2 is 0.908 bits per heavy atom. The largest absolute Gasteiger partial charge is 0.388 e. The van der Waals surface area contributed by atoms with Crippen LogP contribution in [0.25, 0.3) is 0 Å². The number of benzene rings is 3. The van der Waals surface area contributed by atoms with Crippen LogP contribution in [0.4, 0.5) is 51.2 Å². The standard InChI is InChI=1S/C36H39N9O20/c1-35(2)62-31-27(37-19-8-5-16(40(48)49)11-22(19)43(54)55)29(60-33(31)64-35)25(46)14-39(21-10-7-18(42(52)53)13-24(21)45(58)59)15-26(47)30-28(32-34(61-30)65-36(3,4)63-32)38-20-9-6-17(41(50)51)12-23(20)44(56)57/h5-13,25-34,37-38,46-47H,14-15H2,1-4H3/t25-,26+,27-,28-,29+,30+,31+,32+,33+,34+/m0/s1. The van der Waals surface area contributed by atoms with E-state index >= 15 is 0 Å². The van der Waals surface area contributed by atoms with Crippen molar-refractivity contribution >= 4 is 51.2 Å². The Balaban J connectivity index is 1.24. The Hall–Kier alpha value is -6.86. The lowest BCUT2D eigenvalue weighted by atomic mass is 9.99. The lowest BCUT2D eigenvalue weighted by molar-refractivity contribution is -0.394. The zero-order valence-electron chi connectivity index (χ0n) is 34.3. The molecule has 0 aromatic heterocycles. The summed E-state index contributed by atoms with van der Waals surface area (Å²) in [5.74, 6) is -2.55. The Kier molecular flexibility index (Phi) is 12.3. The van der Waals surface area contributed by atoms with E-state index in [0.717, 1.165) is 41.3 Å². The van der Waals surface area contributed by atoms with Crippen molar-refractivity contribution in [2.75, 3.05) is 28.6 Å². The van der Waals surface area contributed by atoms with E-state index < -0.39 is 150 Å². The number of hydrogen-bond acceptors (Lipinski definition) is 23. The number of ether oxygens (including phenoxy) is 6. The average Bonchev–Trinajstić information content (AvgIpc) is 3.91. The van der Waals surface area contributed by atoms with E-state index in [4.69, 9.17) is 28.4 Å². The Morgan fingerprint density at radius 3 is 1.26 bits per heavy atom. The van der Waals surface area contributed by atoms with Crippen LogP contribution in [0.5, 0.6) is 0 Å². The third-order valence-corrected chi connectivity index (χ3v) is 10.9. The van der Waals surface area contributed by atoms with Crippen molar-refractivity contribution in [2.24, 2.45) is 0 Å². The lowest BCUT2D eigenvalue weighted by Crippen LogP contribution is -2.53. The summed E-state index contributed by atoms with van der Waals surface area (Å²) in [6.07, 6.45) is -11.2. The molecule has 0 spiro atoms. The van der Waals surface area contributed by atoms with Crippen LogP contribution >= 0.6 is 0 Å². The van der Waals surface area contributed by atoms with Crippen molar-refractivity contribution in [3.8, 4) is 0 Å². The molecule has 7 rings (SSSR count). The van der Waals surface area contributed by atoms with Crippen LogP contribution in [0.1, 0.15) is 27.7 Å². The molecule has 0 amide bonds. The normalized spacial score (nSPS) is 26.9. The van der Waals surface area contributed by atoms with E-state index in [1.807, 2.05) is 0 Å². The van der Waals surface area contributed by atoms with Crippen LogP contribution in [0.15, 0.2) is 54.6 Å². The summed E-state index contributed by atoms with van der Waals surface area (Å²) in [5, 5.41) is 101. The van der Waals surface area contributed by atoms with Gasteiger partial charge in [-0.05, 0) is 45.9 Å². The minimum Gasteiger partial charge on any atom is -0.388 e. The molecule has 0 bridgehead atoms. The molecule has 65 heavy (non-hydrogen) atoms. The maximum atomic E-state index is 12.5. The van der Waals surface area contributed by atoms with Gasteiger partial charge in [0.25, 0.3) is 34.1 Å². The summed E-state index contributed by atoms with van der Waals surface area (Å²) < 4.78 is 36.0. The fourth-order valence-corrected chi connectivity index (χ4v) is 8.19. The van der Waals surface area contributed by atoms with Crippen molar-refractivity contribution in [3.63, 3.8) is 0 Å². The molecule has 4 aliphatic heterocycles. The van der Waals surface area contributed by atoms with Gasteiger partial charge in [0, 0.05) is 31.3 Å². The first-order valence-electron chi connectivity index (χ1n) is 19.4. The van der Waals surface area contributed by atoms with Crippen LogP contribution < -0.4 is 15.5 Å². The Bertz CT molecular complexity index is 2310. The highest BCUT2D eigenvalue weighted by molar-refractivity contribution is 5.68. The van der Waals surface area contributed by atoms with Crippen LogP contribution in [0, 0.1) is 60.7 Å². The predicted octanol–water partition coefficient (Wildman–Crippen LogP) is 3.38. The highest BCUT2D eigenvalue weighted by atomic mass is 16.8. The molecule has 3 aromatic carbocycles. The zero-order valence-corrected chi connectivity index (χ0v) is 34.3. The fourth-order valence-electron chi connectivity index (χ4n) is 8.19. The quantitative estimate of drug-likeness (QED) is 0.111. The molecule has 4 aliphatic rings. The molecule has 0 aliphatic carbocycles. The van der Waals surface area contributed by atoms with Crippen molar-refractivity contribution < 1.29 is 68.2 Å². The first-order chi connectivity index (χ1) is 30.4. The minimum absolute atomic E-state index is 0.248. The van der Waals surface area contributed by atoms with Crippen molar-refractivity contribution in [2.45, 2.75) is 101 Å². The van der Waals surface area contributed by atoms with Gasteiger partial charge in [0.05, 0.1) is 72.0 Å². The summed E-state index contributed by atoms with van der Waals surface area (Å²) >= 11 is 0. The molecule has 4 N–H and O–H groups in total. The molecule has 29 nitrogen and oxygen atoms in total. The number of aliphatic hydroxyl groups excluding tert-OH is 2. The second-order valence-corrected chi connectivity index (χ2v) is 16.1. The second-order valence-electron chi connectivity index (χ2n) is 16.1. The average molecular weight is 918 g/mol. The molecule has 4 heterocycles. The monoisotopic (exact) mass is 917 g/mol. The second kappa shape index (κ2) is 17.3. The molecular weight excluding hydrogens is 878 g/mol. The third-order valence-electron chi connectivity index (χ3n) is 10.9. The van der Waals surface area contributed by atoms with Crippen LogP contribution in [0.3, 0.4) is 0 Å². The molecule has 10 atom stereocenters. The van der Waals surface area contributed by atoms with Gasteiger partial charge >= 0.3 is 0 Å². The number of rotatable bonds is 17. The molecule has 0 unspecified atom stereocenters. The predicted molar refractivity (Wildman–Crippen MR) is 216 cm³/mol. The maximum absolute atomic E-state index is 12.5. The fraction of sp³-hybridized carbons (Fsp3) is 0.500. The van der Waals surface area contributed by atoms with Gasteiger partial charge < -0.3 is 54.2 Å². The first-order valence-corrected chi connectivity index (χ1v) is 19.4. The summed E-state index contributed by atoms with van der Waals surface area (Å²) in [7, 11) is 0. The number of non-ortho nitro benzene ring substituents is 3. The van der Waals surface area contributed by atoms with E-state index in [1.54, 1.807) is 27.7 Å². The van der Waals surface area contributed by atoms with Gasteiger partial charge in [-0.25, -0.2) is 0 Å². The van der Waals surface area contributed by atoms with Crippen LogP contribution in [-0.2, 0) is 28.4 Å². The first kappa shape index (κ1) is 46.1. The number of anilines is 3. The highest BCUT2D eigenvalue weighted by Crippen LogP contribution is 2.44. The van der Waals surface area contributed by atoms with Gasteiger partial charge in [-0.2, -0.15) is 0 Å². The van der Waals surface area contributed by atoms with Crippen molar-refractivity contribution in [3.05, 3.63) is 115 Å². The number of nitro groups is 6. The highest BCUT2D eigenvalue weighted by Gasteiger charge is 2.59. The maximum Gasteiger partial charge on any atom is 0.299 e. The summed E-state index contributed by atoms with van der Waals surface area (Å²) in [4.78, 5) is 67.1. The minimum atomic E-state index is -1.79. The van der Waals surface area contributed by atoms with E-state index in [0.29, 0.717) is 18.2 Å². The van der Waals surface area contributed by atoms with Gasteiger partial charge in [0.1, 0.15) is 41.5 Å². The van der Waals surface area contributed by atoms with Gasteiger partial charge in [-0.1, -0.05) is 0 Å². The number of aliphatic hydroxyl groups is 2. The van der Waals surface area contributed by atoms with Gasteiger partial charge in [0.15, 0.2) is 24.2 Å². The van der Waals surface area contributed by atoms with Gasteiger partial charge in [-0.3, -0.25) is 60.7 Å². The Morgan fingerprint density at radius 1 is 0.554 bits per heavy atom. The lowest BCUT2D eigenvalue weighted by Gasteiger charge is -2.36. The van der Waals surface area contributed by atoms with E-state index in [2.05, 4.69) is 10.6 Å². The summed E-state index contributed by atoms with van der Waals surface area (Å²) in [6, 6.07) is 5.67. The molecule has 0 radical (unpaired) electrons. The number of nitrogens with zero attached hydrogens (tertiary/aromatic N) is 7. The number of hydrogen-bond donors (Lipinski definition) is 4. The van der Waals surface area contributed by atoms with Crippen LogP contribution in [0.2, 0.25) is 0 Å². The SMILES string of the molecule is CC1(C)O[C@H]2O[C@H]([C@H](O)CN(C[C@H](O)[C@H]3O[C@@H]4OC(C)(C)O[C@@H]4[C@H]3Nc3ccc([N+](=O)[O-])cc3[N+](=O)[O-])c3ccc([N+](=O)[O-])cc3[N+](=O)[O-])[C@H](Nc3ccc([N+](=O)[O-])cc3[N+](=O)[O-])[C@H]2O1. The molecule has 4 fully saturated rings. The van der Waals surface area contributed by atoms with E-state index in [9.17, 15) is 70.9 Å². The topological polar surface area (TPSA) is 382 Å².